The topological polar surface area (TPSA) is 50.4 Å². The molecule has 0 aliphatic carbocycles. The Hall–Kier alpha value is -0.810. The van der Waals surface area contributed by atoms with E-state index in [0.717, 1.165) is 18.4 Å². The Labute approximate surface area is 116 Å². The number of rotatable bonds is 9. The zero-order chi connectivity index (χ0) is 14.0. The molecule has 0 radical (unpaired) electrons. The Balaban J connectivity index is 4.09. The molecule has 0 aliphatic heterocycles. The molecule has 4 nitrogen and oxygen atoms in total. The van der Waals surface area contributed by atoms with Gasteiger partial charge in [-0.1, -0.05) is 32.8 Å². The monoisotopic (exact) mass is 272 g/mol. The number of hydrogen-bond donors (Lipinski definition) is 2. The van der Waals surface area contributed by atoms with E-state index in [0.29, 0.717) is 24.8 Å². The van der Waals surface area contributed by atoms with Gasteiger partial charge in [0.15, 0.2) is 5.71 Å². The molecule has 0 atom stereocenters. The highest BCUT2D eigenvalue weighted by molar-refractivity contribution is 7.79. The third kappa shape index (κ3) is 7.50. The highest BCUT2D eigenvalue weighted by Gasteiger charge is 2.18. The van der Waals surface area contributed by atoms with Gasteiger partial charge in [0.2, 0.25) is 0 Å². The molecule has 0 unspecified atom stereocenters. The molecule has 0 fully saturated rings. The Morgan fingerprint density at radius 1 is 1.33 bits per heavy atom. The van der Waals surface area contributed by atoms with E-state index in [1.165, 1.54) is 12.8 Å². The van der Waals surface area contributed by atoms with Crippen molar-refractivity contribution in [3.8, 4) is 0 Å². The predicted molar refractivity (Wildman–Crippen MR) is 81.1 cm³/mol. The Bertz CT molecular complexity index is 301. The Morgan fingerprint density at radius 3 is 2.50 bits per heavy atom. The van der Waals surface area contributed by atoms with E-state index in [9.17, 15) is 0 Å². The van der Waals surface area contributed by atoms with Gasteiger partial charge in [-0.2, -0.15) is 0 Å². The van der Waals surface area contributed by atoms with Crippen LogP contribution < -0.4 is 5.41 Å². The van der Waals surface area contributed by atoms with Crippen LogP contribution in [0.4, 0.5) is 0 Å². The highest BCUT2D eigenvalue weighted by Crippen LogP contribution is 2.03. The lowest BCUT2D eigenvalue weighted by atomic mass is 10.1. The van der Waals surface area contributed by atoms with Crippen LogP contribution in [0.2, 0.25) is 0 Å². The number of thiol groups is 1. The van der Waals surface area contributed by atoms with Crippen LogP contribution in [-0.2, 0) is 4.74 Å². The van der Waals surface area contributed by atoms with Crippen LogP contribution in [0.5, 0.6) is 0 Å². The summed E-state index contributed by atoms with van der Waals surface area (Å²) in [5.41, 5.74) is 1.35. The summed E-state index contributed by atoms with van der Waals surface area (Å²) in [5.74, 6) is 0.313. The van der Waals surface area contributed by atoms with Gasteiger partial charge in [-0.05, 0) is 38.9 Å². The Morgan fingerprint density at radius 2 is 2.00 bits per heavy atom. The van der Waals surface area contributed by atoms with Gasteiger partial charge in [-0.25, -0.2) is 9.81 Å². The van der Waals surface area contributed by atoms with Crippen LogP contribution in [0.15, 0.2) is 16.5 Å². The van der Waals surface area contributed by atoms with Crippen molar-refractivity contribution in [3.05, 3.63) is 12.2 Å². The third-order valence-electron chi connectivity index (χ3n) is 2.43. The summed E-state index contributed by atoms with van der Waals surface area (Å²) in [6.07, 6.45) is 4.61. The van der Waals surface area contributed by atoms with E-state index in [1.807, 2.05) is 19.0 Å². The van der Waals surface area contributed by atoms with E-state index in [1.54, 1.807) is 0 Å². The van der Waals surface area contributed by atoms with Crippen molar-refractivity contribution in [1.29, 1.82) is 0 Å². The van der Waals surface area contributed by atoms with Crippen LogP contribution in [0, 0.1) is 0 Å². The molecular weight excluding hydrogens is 246 g/mol. The third-order valence-corrected chi connectivity index (χ3v) is 2.63. The fourth-order valence-electron chi connectivity index (χ4n) is 1.53. The minimum absolute atomic E-state index is 0.313. The number of likely N-dealkylation sites (N-methyl/N-ethyl adjacent to an activating group) is 1. The number of nitrogens with two attached hydrogens (primary N) is 1. The van der Waals surface area contributed by atoms with Crippen LogP contribution >= 0.6 is 12.8 Å². The molecule has 18 heavy (non-hydrogen) atoms. The van der Waals surface area contributed by atoms with Gasteiger partial charge < -0.3 is 9.64 Å². The van der Waals surface area contributed by atoms with Crippen LogP contribution in [0.1, 0.15) is 32.6 Å². The molecule has 0 amide bonds. The highest BCUT2D eigenvalue weighted by atomic mass is 32.1. The second-order valence-corrected chi connectivity index (χ2v) is 4.76. The van der Waals surface area contributed by atoms with E-state index in [4.69, 9.17) is 10.1 Å². The van der Waals surface area contributed by atoms with Gasteiger partial charge in [0.1, 0.15) is 0 Å². The molecule has 0 aliphatic rings. The molecule has 0 bridgehead atoms. The van der Waals surface area contributed by atoms with Gasteiger partial charge in [0.05, 0.1) is 6.61 Å². The lowest BCUT2D eigenvalue weighted by molar-refractivity contribution is -0.135. The van der Waals surface area contributed by atoms with Gasteiger partial charge in [-0.15, -0.1) is 0 Å². The van der Waals surface area contributed by atoms with Crippen LogP contribution in [0.3, 0.4) is 0 Å². The first-order chi connectivity index (χ1) is 8.52. The molecule has 0 rings (SSSR count). The molecule has 104 valence electrons. The van der Waals surface area contributed by atoms with E-state index < -0.39 is 0 Å². The molecule has 0 spiro atoms. The van der Waals surface area contributed by atoms with Crippen molar-refractivity contribution >= 4 is 24.4 Å². The second-order valence-electron chi connectivity index (χ2n) is 4.56. The summed E-state index contributed by atoms with van der Waals surface area (Å²) in [5, 5.41) is 5.86. The van der Waals surface area contributed by atoms with Gasteiger partial charge in [-0.3, -0.25) is 0 Å². The quantitative estimate of drug-likeness (QED) is 0.286. The SMILES string of the molecule is C=C(CN(C)C)/C(=N/S)C(=[NH2+])OCCCCCC. The summed E-state index contributed by atoms with van der Waals surface area (Å²) >= 11 is 3.92. The van der Waals surface area contributed by atoms with Crippen molar-refractivity contribution < 1.29 is 10.1 Å². The Kier molecular flexibility index (Phi) is 9.69. The van der Waals surface area contributed by atoms with Crippen molar-refractivity contribution in [2.45, 2.75) is 32.6 Å². The number of nitrogens with zero attached hydrogens (tertiary/aromatic N) is 2. The average molecular weight is 272 g/mol. The standard InChI is InChI=1S/C13H25N3OS/c1-5-6-7-8-9-17-13(14)12(15-18)11(2)10-16(3)4/h14,18H,2,5-10H2,1,3-4H3/p+1/b14-13?,15-12-. The summed E-state index contributed by atoms with van der Waals surface area (Å²) in [4.78, 5) is 2.00. The number of unbranched alkanes of at least 4 members (excludes halogenated alkanes) is 3. The molecule has 0 aromatic rings. The first kappa shape index (κ1) is 17.2. The molecule has 0 aromatic carbocycles. The maximum Gasteiger partial charge on any atom is 0.386 e. The summed E-state index contributed by atoms with van der Waals surface area (Å²) in [7, 11) is 3.92. The minimum atomic E-state index is 0.313. The first-order valence-electron chi connectivity index (χ1n) is 6.33. The normalized spacial score (nSPS) is 11.7. The smallest absolute Gasteiger partial charge is 0.386 e. The van der Waals surface area contributed by atoms with E-state index in [-0.39, 0.29) is 0 Å². The summed E-state index contributed by atoms with van der Waals surface area (Å²) in [6.45, 7) is 7.42. The molecule has 0 saturated heterocycles. The molecule has 0 heterocycles. The fraction of sp³-hybridized carbons (Fsp3) is 0.692. The maximum absolute atomic E-state index is 5.86. The van der Waals surface area contributed by atoms with E-state index in [2.05, 4.69) is 30.7 Å². The largest absolute Gasteiger partial charge is 0.443 e. The first-order valence-corrected chi connectivity index (χ1v) is 6.73. The van der Waals surface area contributed by atoms with Crippen LogP contribution in [0.25, 0.3) is 0 Å². The van der Waals surface area contributed by atoms with Crippen molar-refractivity contribution in [1.82, 2.24) is 4.90 Å². The summed E-state index contributed by atoms with van der Waals surface area (Å²) < 4.78 is 9.33. The molecule has 5 heteroatoms. The lowest BCUT2D eigenvalue weighted by Gasteiger charge is -2.12. The van der Waals surface area contributed by atoms with Crippen molar-refractivity contribution in [2.75, 3.05) is 27.2 Å². The molecule has 2 N–H and O–H groups in total. The fourth-order valence-corrected chi connectivity index (χ4v) is 1.77. The summed E-state index contributed by atoms with van der Waals surface area (Å²) in [6, 6.07) is 0. The van der Waals surface area contributed by atoms with Gasteiger partial charge >= 0.3 is 5.90 Å². The predicted octanol–water partition coefficient (Wildman–Crippen LogP) is 1.14. The zero-order valence-electron chi connectivity index (χ0n) is 11.8. The van der Waals surface area contributed by atoms with Gasteiger partial charge in [0.25, 0.3) is 0 Å². The van der Waals surface area contributed by atoms with Crippen molar-refractivity contribution in [2.24, 2.45) is 4.40 Å². The average Bonchev–Trinajstić information content (AvgIpc) is 2.28. The number of ether oxygens (including phenoxy) is 1. The second kappa shape index (κ2) is 10.1. The molecule has 0 aromatic heterocycles. The molecular formula is C13H26N3OS+. The van der Waals surface area contributed by atoms with E-state index >= 15 is 0 Å². The van der Waals surface area contributed by atoms with Gasteiger partial charge in [0, 0.05) is 6.54 Å². The van der Waals surface area contributed by atoms with Crippen LogP contribution in [-0.4, -0.2) is 43.8 Å². The molecule has 0 saturated carbocycles. The zero-order valence-corrected chi connectivity index (χ0v) is 12.7. The minimum Gasteiger partial charge on any atom is -0.443 e. The maximum atomic E-state index is 5.86. The lowest BCUT2D eigenvalue weighted by Crippen LogP contribution is -2.47. The number of hydrogen-bond acceptors (Lipinski definition) is 4. The van der Waals surface area contributed by atoms with Crippen molar-refractivity contribution in [3.63, 3.8) is 0 Å².